The summed E-state index contributed by atoms with van der Waals surface area (Å²) in [7, 11) is 0. The van der Waals surface area contributed by atoms with Crippen molar-refractivity contribution in [2.75, 3.05) is 0 Å². The fourth-order valence-electron chi connectivity index (χ4n) is 0.525. The average molecular weight is 212 g/mol. The van der Waals surface area contributed by atoms with Gasteiger partial charge in [0, 0.05) is 11.8 Å². The lowest BCUT2D eigenvalue weighted by Gasteiger charge is -1.91. The molecule has 60 valence electrons. The van der Waals surface area contributed by atoms with Crippen LogP contribution in [0.2, 0.25) is 5.15 Å². The lowest BCUT2D eigenvalue weighted by molar-refractivity contribution is 0.108. The smallest absolute Gasteiger partial charge is 0.252 e. The Morgan fingerprint density at radius 2 is 2.18 bits per heavy atom. The minimum absolute atomic E-state index is 0. The van der Waals surface area contributed by atoms with Crippen LogP contribution in [0, 0.1) is 0 Å². The van der Waals surface area contributed by atoms with Gasteiger partial charge in [-0.3, -0.25) is 4.79 Å². The molecule has 0 amide bonds. The minimum Gasteiger partial charge on any atom is -0.276 e. The highest BCUT2D eigenvalue weighted by Crippen LogP contribution is 2.08. The topological polar surface area (TPSA) is 30.0 Å². The number of hydrogen-bond donors (Lipinski definition) is 0. The fraction of sp³-hybridized carbons (Fsp3) is 0. The van der Waals surface area contributed by atoms with Crippen molar-refractivity contribution in [3.8, 4) is 0 Å². The monoisotopic (exact) mass is 211 g/mol. The molecule has 0 aliphatic heterocycles. The number of carbonyl (C=O) groups excluding carboxylic acids is 1. The van der Waals surface area contributed by atoms with E-state index in [1.807, 2.05) is 0 Å². The predicted octanol–water partition coefficient (Wildman–Crippen LogP) is 2.54. The van der Waals surface area contributed by atoms with Crippen LogP contribution >= 0.6 is 35.6 Å². The van der Waals surface area contributed by atoms with Gasteiger partial charge in [0.15, 0.2) is 0 Å². The van der Waals surface area contributed by atoms with E-state index in [0.29, 0.717) is 5.56 Å². The molecular formula is C6H4Cl3NO. The quantitative estimate of drug-likeness (QED) is 0.529. The third-order valence-corrected chi connectivity index (χ3v) is 1.38. The molecule has 1 heterocycles. The van der Waals surface area contributed by atoms with Gasteiger partial charge in [-0.2, -0.15) is 0 Å². The molecule has 0 unspecified atom stereocenters. The second-order valence-electron chi connectivity index (χ2n) is 1.64. The van der Waals surface area contributed by atoms with E-state index in [-0.39, 0.29) is 17.6 Å². The average Bonchev–Trinajstić information content (AvgIpc) is 1.88. The Kier molecular flexibility index (Phi) is 4.42. The van der Waals surface area contributed by atoms with Crippen LogP contribution in [0.3, 0.4) is 0 Å². The zero-order valence-corrected chi connectivity index (χ0v) is 7.58. The predicted molar refractivity (Wildman–Crippen MR) is 46.7 cm³/mol. The maximum absolute atomic E-state index is 10.5. The molecule has 2 nitrogen and oxygen atoms in total. The van der Waals surface area contributed by atoms with Gasteiger partial charge in [-0.05, 0) is 23.7 Å². The first-order valence-electron chi connectivity index (χ1n) is 2.51. The molecule has 5 heteroatoms. The van der Waals surface area contributed by atoms with Gasteiger partial charge < -0.3 is 0 Å². The molecule has 1 rings (SSSR count). The van der Waals surface area contributed by atoms with E-state index < -0.39 is 5.24 Å². The molecule has 0 aromatic carbocycles. The molecular weight excluding hydrogens is 208 g/mol. The molecule has 0 aliphatic rings. The number of aromatic nitrogens is 1. The number of nitrogens with zero attached hydrogens (tertiary/aromatic N) is 1. The summed E-state index contributed by atoms with van der Waals surface area (Å²) >= 11 is 10.6. The normalized spacial score (nSPS) is 8.55. The van der Waals surface area contributed by atoms with Gasteiger partial charge >= 0.3 is 0 Å². The molecule has 0 saturated heterocycles. The molecule has 0 N–H and O–H groups in total. The summed E-state index contributed by atoms with van der Waals surface area (Å²) in [6, 6.07) is 2.91. The maximum atomic E-state index is 10.5. The van der Waals surface area contributed by atoms with Crippen LogP contribution in [-0.2, 0) is 0 Å². The molecule has 0 fully saturated rings. The van der Waals surface area contributed by atoms with E-state index >= 15 is 0 Å². The lowest BCUT2D eigenvalue weighted by atomic mass is 10.3. The molecule has 0 atom stereocenters. The number of pyridine rings is 1. The third-order valence-electron chi connectivity index (χ3n) is 0.954. The number of hydrogen-bond acceptors (Lipinski definition) is 2. The molecule has 0 spiro atoms. The van der Waals surface area contributed by atoms with E-state index in [1.54, 1.807) is 0 Å². The van der Waals surface area contributed by atoms with Gasteiger partial charge in [0.2, 0.25) is 0 Å². The van der Waals surface area contributed by atoms with Crippen molar-refractivity contribution < 1.29 is 4.79 Å². The van der Waals surface area contributed by atoms with E-state index in [2.05, 4.69) is 4.98 Å². The highest BCUT2D eigenvalue weighted by Gasteiger charge is 2.00. The van der Waals surface area contributed by atoms with Crippen molar-refractivity contribution in [3.05, 3.63) is 29.0 Å². The molecule has 11 heavy (non-hydrogen) atoms. The maximum Gasteiger partial charge on any atom is 0.252 e. The van der Waals surface area contributed by atoms with Gasteiger partial charge in [-0.1, -0.05) is 11.6 Å². The second kappa shape index (κ2) is 4.54. The van der Waals surface area contributed by atoms with Crippen molar-refractivity contribution in [1.82, 2.24) is 4.98 Å². The van der Waals surface area contributed by atoms with Crippen LogP contribution in [0.25, 0.3) is 0 Å². The Labute approximate surface area is 79.9 Å². The Hall–Kier alpha value is -0.310. The summed E-state index contributed by atoms with van der Waals surface area (Å²) in [6.45, 7) is 0. The van der Waals surface area contributed by atoms with Crippen LogP contribution in [0.4, 0.5) is 0 Å². The number of carbonyl (C=O) groups is 1. The number of halogens is 3. The summed E-state index contributed by atoms with van der Waals surface area (Å²) in [6.07, 6.45) is 1.43. The molecule has 1 aromatic rings. The van der Waals surface area contributed by atoms with Gasteiger partial charge in [-0.15, -0.1) is 12.4 Å². The van der Waals surface area contributed by atoms with Crippen molar-refractivity contribution in [2.45, 2.75) is 0 Å². The lowest BCUT2D eigenvalue weighted by Crippen LogP contribution is -1.88. The van der Waals surface area contributed by atoms with Crippen LogP contribution < -0.4 is 0 Å². The summed E-state index contributed by atoms with van der Waals surface area (Å²) in [4.78, 5) is 14.2. The molecule has 0 radical (unpaired) electrons. The van der Waals surface area contributed by atoms with Crippen LogP contribution in [0.1, 0.15) is 10.4 Å². The van der Waals surface area contributed by atoms with E-state index in [0.717, 1.165) is 0 Å². The molecule has 0 aliphatic carbocycles. The SMILES string of the molecule is Cl.O=C(Cl)c1ccnc(Cl)c1. The van der Waals surface area contributed by atoms with Crippen molar-refractivity contribution in [1.29, 1.82) is 0 Å². The van der Waals surface area contributed by atoms with Crippen LogP contribution in [-0.4, -0.2) is 10.2 Å². The summed E-state index contributed by atoms with van der Waals surface area (Å²) in [5.41, 5.74) is 0.363. The Morgan fingerprint density at radius 1 is 1.55 bits per heavy atom. The van der Waals surface area contributed by atoms with Crippen molar-refractivity contribution >= 4 is 40.9 Å². The highest BCUT2D eigenvalue weighted by molar-refractivity contribution is 6.67. The van der Waals surface area contributed by atoms with E-state index in [1.165, 1.54) is 18.3 Å². The first-order valence-corrected chi connectivity index (χ1v) is 3.27. The van der Waals surface area contributed by atoms with Crippen molar-refractivity contribution in [3.63, 3.8) is 0 Å². The Balaban J connectivity index is 0.000001000. The third kappa shape index (κ3) is 3.06. The second-order valence-corrected chi connectivity index (χ2v) is 2.37. The zero-order valence-electron chi connectivity index (χ0n) is 5.25. The van der Waals surface area contributed by atoms with Gasteiger partial charge in [-0.25, -0.2) is 4.98 Å². The highest BCUT2D eigenvalue weighted by atomic mass is 35.5. The molecule has 1 aromatic heterocycles. The Bertz CT molecular complexity index is 264. The van der Waals surface area contributed by atoms with Crippen molar-refractivity contribution in [2.24, 2.45) is 0 Å². The fourth-order valence-corrected chi connectivity index (χ4v) is 0.816. The number of rotatable bonds is 1. The first kappa shape index (κ1) is 10.7. The first-order chi connectivity index (χ1) is 4.70. The van der Waals surface area contributed by atoms with Gasteiger partial charge in [0.25, 0.3) is 5.24 Å². The van der Waals surface area contributed by atoms with E-state index in [9.17, 15) is 4.79 Å². The molecule has 0 bridgehead atoms. The summed E-state index contributed by atoms with van der Waals surface area (Å²) < 4.78 is 0. The van der Waals surface area contributed by atoms with Crippen LogP contribution in [0.15, 0.2) is 18.3 Å². The van der Waals surface area contributed by atoms with Crippen LogP contribution in [0.5, 0.6) is 0 Å². The van der Waals surface area contributed by atoms with E-state index in [4.69, 9.17) is 23.2 Å². The summed E-state index contributed by atoms with van der Waals surface area (Å²) in [5, 5.41) is -0.254. The van der Waals surface area contributed by atoms with Gasteiger partial charge in [0.05, 0.1) is 0 Å². The minimum atomic E-state index is -0.524. The summed E-state index contributed by atoms with van der Waals surface area (Å²) in [5.74, 6) is 0. The largest absolute Gasteiger partial charge is 0.276 e. The zero-order chi connectivity index (χ0) is 7.56. The molecule has 0 saturated carbocycles. The van der Waals surface area contributed by atoms with Gasteiger partial charge in [0.1, 0.15) is 5.15 Å². The standard InChI is InChI=1S/C6H3Cl2NO.ClH/c7-5-3-4(6(8)10)1-2-9-5;/h1-3H;1H. The Morgan fingerprint density at radius 3 is 2.55 bits per heavy atom.